The standard InChI is InChI=1S/C62H47N3S2/c1-40-36-45(44-28-35-58-52(37-44)50-22-12-14-24-57(50)66-58)38-53-51-32-34-54(41(2)62(51)65(61(40)53)47-20-10-5-11-21-47)63(48-29-26-43(27-30-48)42-16-6-3-7-17-42)49-31-33-56-60(39-49)67-59-25-15-13-23-55(59)64(56)46-18-8-4-9-19-46/h3-35,37-41,54H,36H2,1-2H3. The lowest BCUT2D eigenvalue weighted by Gasteiger charge is -2.39. The van der Waals surface area contributed by atoms with Gasteiger partial charge in [0.25, 0.3) is 0 Å². The molecule has 13 rings (SSSR count). The minimum absolute atomic E-state index is 0.0195. The molecule has 8 aromatic carbocycles. The summed E-state index contributed by atoms with van der Waals surface area (Å²) >= 11 is 3.75. The Bertz CT molecular complexity index is 3570. The number of rotatable bonds is 7. The van der Waals surface area contributed by atoms with E-state index in [0.29, 0.717) is 5.92 Å². The van der Waals surface area contributed by atoms with Crippen LogP contribution in [0, 0.1) is 0 Å². The molecule has 3 nitrogen and oxygen atoms in total. The van der Waals surface area contributed by atoms with Crippen LogP contribution in [0.1, 0.15) is 60.2 Å². The Balaban J connectivity index is 0.963. The first-order valence-electron chi connectivity index (χ1n) is 23.4. The molecule has 10 aromatic rings. The van der Waals surface area contributed by atoms with Crippen LogP contribution in [0.5, 0.6) is 0 Å². The molecule has 0 spiro atoms. The van der Waals surface area contributed by atoms with E-state index < -0.39 is 0 Å². The molecule has 1 aliphatic heterocycles. The maximum Gasteiger partial charge on any atom is 0.0606 e. The third-order valence-corrected chi connectivity index (χ3v) is 16.4. The lowest BCUT2D eigenvalue weighted by atomic mass is 9.82. The topological polar surface area (TPSA) is 11.4 Å². The Hall–Kier alpha value is -7.31. The fraction of sp³-hybridized carbons (Fsp3) is 0.0968. The van der Waals surface area contributed by atoms with Gasteiger partial charge in [0.15, 0.2) is 0 Å². The number of para-hydroxylation sites is 3. The van der Waals surface area contributed by atoms with Gasteiger partial charge in [-0.15, -0.1) is 11.3 Å². The minimum Gasteiger partial charge on any atom is -0.334 e. The van der Waals surface area contributed by atoms with Crippen LogP contribution in [0.15, 0.2) is 216 Å². The number of allylic oxidation sites excluding steroid dienone is 1. The summed E-state index contributed by atoms with van der Waals surface area (Å²) < 4.78 is 5.33. The number of hydrogen-bond donors (Lipinski definition) is 0. The lowest BCUT2D eigenvalue weighted by molar-refractivity contribution is 0.602. The Morgan fingerprint density at radius 2 is 1.15 bits per heavy atom. The molecule has 322 valence electrons. The molecule has 3 aliphatic rings. The second-order valence-electron chi connectivity index (χ2n) is 18.2. The zero-order chi connectivity index (χ0) is 44.6. The quantitative estimate of drug-likeness (QED) is 0.158. The Kier molecular flexibility index (Phi) is 9.69. The van der Waals surface area contributed by atoms with Gasteiger partial charge < -0.3 is 14.4 Å². The second-order valence-corrected chi connectivity index (χ2v) is 20.3. The van der Waals surface area contributed by atoms with E-state index in [2.05, 4.69) is 247 Å². The minimum atomic E-state index is 0.0195. The zero-order valence-electron chi connectivity index (χ0n) is 37.4. The molecule has 3 atom stereocenters. The fourth-order valence-electron chi connectivity index (χ4n) is 11.1. The summed E-state index contributed by atoms with van der Waals surface area (Å²) in [5.74, 6) is 0.437. The number of thiophene rings is 1. The highest BCUT2D eigenvalue weighted by Gasteiger charge is 2.38. The molecule has 0 radical (unpaired) electrons. The van der Waals surface area contributed by atoms with Gasteiger partial charge in [0.1, 0.15) is 0 Å². The van der Waals surface area contributed by atoms with Gasteiger partial charge in [0, 0.05) is 87.1 Å². The van der Waals surface area contributed by atoms with Gasteiger partial charge in [-0.25, -0.2) is 0 Å². The van der Waals surface area contributed by atoms with Crippen LogP contribution in [0.2, 0.25) is 0 Å². The highest BCUT2D eigenvalue weighted by atomic mass is 32.2. The first kappa shape index (κ1) is 40.0. The molecule has 2 aromatic heterocycles. The van der Waals surface area contributed by atoms with E-state index in [9.17, 15) is 0 Å². The molecule has 5 heteroatoms. The predicted molar refractivity (Wildman–Crippen MR) is 287 cm³/mol. The SMILES string of the molecule is CC1CC(c2ccc3sc4ccccc4c3c2)=Cc2c3c(n(-c4ccccc4)c21)C(C)C(N(c1ccc(-c2ccccc2)cc1)c1ccc2c(c1)Sc1ccccc1N2c1ccccc1)C=C3. The van der Waals surface area contributed by atoms with Crippen LogP contribution in [0.3, 0.4) is 0 Å². The van der Waals surface area contributed by atoms with Crippen molar-refractivity contribution >= 4 is 89.4 Å². The first-order valence-corrected chi connectivity index (χ1v) is 25.0. The number of hydrogen-bond acceptors (Lipinski definition) is 4. The summed E-state index contributed by atoms with van der Waals surface area (Å²) in [6, 6.07) is 73.7. The highest BCUT2D eigenvalue weighted by Crippen LogP contribution is 2.54. The van der Waals surface area contributed by atoms with Gasteiger partial charge in [0.2, 0.25) is 0 Å². The van der Waals surface area contributed by atoms with Gasteiger partial charge in [-0.2, -0.15) is 0 Å². The van der Waals surface area contributed by atoms with E-state index >= 15 is 0 Å². The predicted octanol–water partition coefficient (Wildman–Crippen LogP) is 17.8. The van der Waals surface area contributed by atoms with Gasteiger partial charge in [0.05, 0.1) is 17.4 Å². The largest absolute Gasteiger partial charge is 0.334 e. The Morgan fingerprint density at radius 3 is 1.96 bits per heavy atom. The summed E-state index contributed by atoms with van der Waals surface area (Å²) in [5.41, 5.74) is 17.8. The van der Waals surface area contributed by atoms with E-state index in [1.807, 2.05) is 23.1 Å². The number of benzene rings is 8. The number of anilines is 5. The summed E-state index contributed by atoms with van der Waals surface area (Å²) in [5, 5.41) is 2.70. The van der Waals surface area contributed by atoms with Crippen molar-refractivity contribution in [2.24, 2.45) is 0 Å². The Morgan fingerprint density at radius 1 is 0.507 bits per heavy atom. The zero-order valence-corrected chi connectivity index (χ0v) is 39.0. The maximum absolute atomic E-state index is 2.63. The van der Waals surface area contributed by atoms with E-state index in [1.165, 1.54) is 103 Å². The summed E-state index contributed by atoms with van der Waals surface area (Å²) in [6.45, 7) is 4.89. The normalized spacial score (nSPS) is 17.1. The number of nitrogens with zero attached hydrogens (tertiary/aromatic N) is 3. The van der Waals surface area contributed by atoms with Crippen molar-refractivity contribution in [1.82, 2.24) is 4.57 Å². The van der Waals surface area contributed by atoms with Crippen molar-refractivity contribution < 1.29 is 0 Å². The molecule has 67 heavy (non-hydrogen) atoms. The molecule has 2 aliphatic carbocycles. The van der Waals surface area contributed by atoms with Crippen LogP contribution in [0.4, 0.5) is 28.4 Å². The van der Waals surface area contributed by atoms with E-state index in [-0.39, 0.29) is 12.0 Å². The molecule has 3 heterocycles. The van der Waals surface area contributed by atoms with Crippen molar-refractivity contribution in [2.75, 3.05) is 9.80 Å². The monoisotopic (exact) mass is 897 g/mol. The van der Waals surface area contributed by atoms with Gasteiger partial charge in [-0.3, -0.25) is 0 Å². The highest BCUT2D eigenvalue weighted by molar-refractivity contribution is 7.99. The number of aromatic nitrogens is 1. The van der Waals surface area contributed by atoms with E-state index in [1.54, 1.807) is 0 Å². The van der Waals surface area contributed by atoms with Crippen LogP contribution >= 0.6 is 23.1 Å². The molecule has 3 unspecified atom stereocenters. The van der Waals surface area contributed by atoms with Crippen LogP contribution < -0.4 is 9.80 Å². The average Bonchev–Trinajstić information content (AvgIpc) is 3.93. The lowest BCUT2D eigenvalue weighted by Crippen LogP contribution is -2.36. The van der Waals surface area contributed by atoms with E-state index in [0.717, 1.165) is 12.1 Å². The van der Waals surface area contributed by atoms with Gasteiger partial charge in [-0.05, 0) is 120 Å². The molecular formula is C62H47N3S2. The Labute approximate surface area is 400 Å². The van der Waals surface area contributed by atoms with Crippen molar-refractivity contribution in [3.8, 4) is 16.8 Å². The van der Waals surface area contributed by atoms with Crippen LogP contribution in [-0.4, -0.2) is 10.6 Å². The van der Waals surface area contributed by atoms with Crippen LogP contribution in [-0.2, 0) is 0 Å². The number of fused-ring (bicyclic) bond motifs is 8. The third-order valence-electron chi connectivity index (χ3n) is 14.2. The van der Waals surface area contributed by atoms with Crippen LogP contribution in [0.25, 0.3) is 54.7 Å². The molecular weight excluding hydrogens is 851 g/mol. The molecule has 0 saturated carbocycles. The fourth-order valence-corrected chi connectivity index (χ4v) is 13.2. The van der Waals surface area contributed by atoms with Crippen molar-refractivity contribution in [2.45, 2.75) is 47.9 Å². The first-order chi connectivity index (χ1) is 33.1. The molecule has 0 N–H and O–H groups in total. The molecule has 0 fully saturated rings. The second kappa shape index (κ2) is 16.2. The summed E-state index contributed by atoms with van der Waals surface area (Å²) in [7, 11) is 0. The van der Waals surface area contributed by atoms with Gasteiger partial charge in [-0.1, -0.05) is 153 Å². The van der Waals surface area contributed by atoms with Crippen molar-refractivity contribution in [1.29, 1.82) is 0 Å². The van der Waals surface area contributed by atoms with Gasteiger partial charge >= 0.3 is 0 Å². The smallest absolute Gasteiger partial charge is 0.0606 e. The maximum atomic E-state index is 2.63. The van der Waals surface area contributed by atoms with Crippen molar-refractivity contribution in [3.05, 3.63) is 234 Å². The summed E-state index contributed by atoms with van der Waals surface area (Å²) in [6.07, 6.45) is 8.44. The summed E-state index contributed by atoms with van der Waals surface area (Å²) in [4.78, 5) is 7.50. The van der Waals surface area contributed by atoms with E-state index in [4.69, 9.17) is 0 Å². The molecule has 0 saturated heterocycles. The molecule has 0 amide bonds. The van der Waals surface area contributed by atoms with Crippen molar-refractivity contribution in [3.63, 3.8) is 0 Å². The third kappa shape index (κ3) is 6.71. The molecule has 0 bridgehead atoms. The average molecular weight is 898 g/mol.